The third-order valence-corrected chi connectivity index (χ3v) is 3.79. The van der Waals surface area contributed by atoms with Crippen LogP contribution in [-0.4, -0.2) is 22.5 Å². The largest absolute Gasteiger partial charge is 0.272 e. The second-order valence-corrected chi connectivity index (χ2v) is 12.7. The molecule has 0 aromatic heterocycles. The lowest BCUT2D eigenvalue weighted by Crippen LogP contribution is -2.22. The van der Waals surface area contributed by atoms with Gasteiger partial charge in [0.15, 0.2) is 0 Å². The van der Waals surface area contributed by atoms with Gasteiger partial charge in [0.05, 0.1) is 0 Å². The summed E-state index contributed by atoms with van der Waals surface area (Å²) < 4.78 is 11.1. The Bertz CT molecular complexity index is 113. The number of rotatable bonds is 1. The second-order valence-electron chi connectivity index (χ2n) is 2.21. The minimum absolute atomic E-state index is 0.706. The molecule has 0 atom stereocenters. The highest BCUT2D eigenvalue weighted by Gasteiger charge is 2.15. The lowest BCUT2D eigenvalue weighted by atomic mass is 11.0. The topological polar surface area (TPSA) is 17.1 Å². The van der Waals surface area contributed by atoms with Crippen LogP contribution in [0.4, 0.5) is 0 Å². The summed E-state index contributed by atoms with van der Waals surface area (Å²) in [6.07, 6.45) is 3.47. The van der Waals surface area contributed by atoms with Crippen molar-refractivity contribution in [2.75, 3.05) is 18.3 Å². The summed E-state index contributed by atoms with van der Waals surface area (Å²) in [4.78, 5) is 0. The molecule has 0 saturated carbocycles. The van der Waals surface area contributed by atoms with Crippen LogP contribution in [0.25, 0.3) is 0 Å². The van der Waals surface area contributed by atoms with Gasteiger partial charge in [0.1, 0.15) is 0 Å². The van der Waals surface area contributed by atoms with Crippen molar-refractivity contribution in [3.05, 3.63) is 0 Å². The predicted molar refractivity (Wildman–Crippen MR) is 39.5 cm³/mol. The van der Waals surface area contributed by atoms with Crippen molar-refractivity contribution in [2.24, 2.45) is 0 Å². The molecule has 1 nitrogen and oxygen atoms in total. The molecule has 0 spiro atoms. The Morgan fingerprint density at radius 1 is 1.57 bits per heavy atom. The summed E-state index contributed by atoms with van der Waals surface area (Å²) in [7, 11) is -2.30. The van der Waals surface area contributed by atoms with E-state index < -0.39 is 7.50 Å². The van der Waals surface area contributed by atoms with Crippen molar-refractivity contribution in [3.63, 3.8) is 0 Å². The summed E-state index contributed by atoms with van der Waals surface area (Å²) in [6.45, 7) is 1.91. The Balaban J connectivity index is 4.14. The fourth-order valence-electron chi connectivity index (χ4n) is 0. The van der Waals surface area contributed by atoms with E-state index in [1.165, 1.54) is 0 Å². The van der Waals surface area contributed by atoms with Gasteiger partial charge in [0.25, 0.3) is 0 Å². The quantitative estimate of drug-likeness (QED) is 0.567. The van der Waals surface area contributed by atoms with E-state index in [2.05, 4.69) is 14.8 Å². The van der Waals surface area contributed by atoms with Crippen LogP contribution in [0.3, 0.4) is 0 Å². The van der Waals surface area contributed by atoms with Crippen LogP contribution in [0, 0.1) is 0 Å². The first kappa shape index (κ1) is 7.63. The zero-order chi connectivity index (χ0) is 6.15. The molecule has 0 aliphatic carbocycles. The van der Waals surface area contributed by atoms with Gasteiger partial charge in [-0.15, -0.1) is 0 Å². The molecule has 0 amide bonds. The van der Waals surface area contributed by atoms with Gasteiger partial charge in [-0.3, -0.25) is 4.21 Å². The number of hydrogen-bond acceptors (Lipinski definition) is 1. The molecule has 0 radical (unpaired) electrons. The third-order valence-electron chi connectivity index (χ3n) is 0.804. The normalized spacial score (nSPS) is 18.0. The lowest BCUT2D eigenvalue weighted by molar-refractivity contribution is 0.677. The van der Waals surface area contributed by atoms with Gasteiger partial charge in [-0.1, -0.05) is 6.92 Å². The first-order chi connectivity index (χ1) is 2.81. The van der Waals surface area contributed by atoms with Crippen LogP contribution in [0.15, 0.2) is 0 Å². The van der Waals surface area contributed by atoms with Crippen molar-refractivity contribution < 1.29 is 4.21 Å². The highest BCUT2D eigenvalue weighted by atomic mass is 79.9. The van der Waals surface area contributed by atoms with E-state index >= 15 is 0 Å². The van der Waals surface area contributed by atoms with Crippen LogP contribution in [0.1, 0.15) is 6.92 Å². The van der Waals surface area contributed by atoms with Gasteiger partial charge in [0, 0.05) is 18.3 Å². The van der Waals surface area contributed by atoms with Crippen molar-refractivity contribution in [3.8, 4) is 0 Å². The molecule has 46 valence electrons. The van der Waals surface area contributed by atoms with E-state index in [1.807, 2.05) is 6.92 Å². The van der Waals surface area contributed by atoms with Crippen molar-refractivity contribution in [1.82, 2.24) is 0 Å². The molecule has 3 heteroatoms. The summed E-state index contributed by atoms with van der Waals surface area (Å²) in [5, 5.41) is 0. The molecule has 0 rings (SSSR count). The van der Waals surface area contributed by atoms with Crippen LogP contribution in [-0.2, 0) is 7.50 Å². The zero-order valence-corrected chi connectivity index (χ0v) is 7.30. The van der Waals surface area contributed by atoms with E-state index in [-0.39, 0.29) is 0 Å². The molecule has 0 unspecified atom stereocenters. The first-order valence-corrected chi connectivity index (χ1v) is 6.93. The molecular weight excluding hydrogens is 176 g/mol. The molecule has 7 heavy (non-hydrogen) atoms. The fourth-order valence-corrected chi connectivity index (χ4v) is 0. The monoisotopic (exact) mass is 186 g/mol. The molecule has 0 heterocycles. The molecule has 0 aromatic rings. The highest BCUT2D eigenvalue weighted by Crippen LogP contribution is 2.24. The predicted octanol–water partition coefficient (Wildman–Crippen LogP) is 1.40. The third kappa shape index (κ3) is 6.63. The maximum absolute atomic E-state index is 11.1. The van der Waals surface area contributed by atoms with Gasteiger partial charge in [-0.2, -0.15) is 0 Å². The molecule has 0 aromatic carbocycles. The van der Waals surface area contributed by atoms with E-state index in [9.17, 15) is 4.21 Å². The molecule has 0 N–H and O–H groups in total. The summed E-state index contributed by atoms with van der Waals surface area (Å²) >= 11 is 3.13. The average molecular weight is 187 g/mol. The van der Waals surface area contributed by atoms with E-state index in [1.54, 1.807) is 12.5 Å². The van der Waals surface area contributed by atoms with Crippen LogP contribution >= 0.6 is 14.8 Å². The number of hydrogen-bond donors (Lipinski definition) is 0. The van der Waals surface area contributed by atoms with E-state index in [0.717, 1.165) is 0 Å². The molecule has 0 saturated heterocycles. The lowest BCUT2D eigenvalue weighted by Gasteiger charge is -2.22. The van der Waals surface area contributed by atoms with Crippen molar-refractivity contribution in [1.29, 1.82) is 0 Å². The van der Waals surface area contributed by atoms with Gasteiger partial charge >= 0.3 is 0 Å². The Hall–Kier alpha value is 0.630. The van der Waals surface area contributed by atoms with E-state index in [0.29, 0.717) is 5.75 Å². The van der Waals surface area contributed by atoms with E-state index in [4.69, 9.17) is 0 Å². The molecule has 0 bridgehead atoms. The molecule has 0 aliphatic heterocycles. The summed E-state index contributed by atoms with van der Waals surface area (Å²) in [6, 6.07) is 0. The minimum atomic E-state index is -2.30. The first-order valence-electron chi connectivity index (χ1n) is 2.13. The van der Waals surface area contributed by atoms with Crippen LogP contribution in [0.5, 0.6) is 0 Å². The molecule has 0 fully saturated rings. The second kappa shape index (κ2) is 1.55. The fraction of sp³-hybridized carbons (Fsp3) is 1.00. The van der Waals surface area contributed by atoms with Gasteiger partial charge < -0.3 is 0 Å². The maximum Gasteiger partial charge on any atom is 0.00925 e. The van der Waals surface area contributed by atoms with Gasteiger partial charge in [-0.05, 0) is 22.3 Å². The Labute approximate surface area is 52.1 Å². The average Bonchev–Trinajstić information content (AvgIpc) is 1.32. The van der Waals surface area contributed by atoms with Crippen LogP contribution in [0.2, 0.25) is 0 Å². The number of halogens is 1. The Kier molecular flexibility index (Phi) is 1.69. The molecule has 0 aliphatic rings. The van der Waals surface area contributed by atoms with Gasteiger partial charge in [-0.25, -0.2) is 0 Å². The smallest absolute Gasteiger partial charge is 0.00925 e. The minimum Gasteiger partial charge on any atom is -0.272 e. The standard InChI is InChI=1S/C4H11BrOS/c1-4-7(2,3,5)6/h4H2,1-3H3. The summed E-state index contributed by atoms with van der Waals surface area (Å²) in [5.74, 6) is 0.706. The van der Waals surface area contributed by atoms with Gasteiger partial charge in [0.2, 0.25) is 0 Å². The molecular formula is C4H11BrOS. The zero-order valence-electron chi connectivity index (χ0n) is 4.90. The Morgan fingerprint density at radius 2 is 1.71 bits per heavy atom. The maximum atomic E-state index is 11.1. The van der Waals surface area contributed by atoms with Crippen LogP contribution < -0.4 is 0 Å². The SMILES string of the molecule is CCS(C)(C)(=O)Br. The summed E-state index contributed by atoms with van der Waals surface area (Å²) in [5.41, 5.74) is 0. The van der Waals surface area contributed by atoms with Crippen molar-refractivity contribution in [2.45, 2.75) is 6.92 Å². The Morgan fingerprint density at radius 3 is 1.71 bits per heavy atom. The highest BCUT2D eigenvalue weighted by molar-refractivity contribution is 9.53. The van der Waals surface area contributed by atoms with Crippen molar-refractivity contribution >= 4 is 22.3 Å².